The molecule has 0 saturated carbocycles. The summed E-state index contributed by atoms with van der Waals surface area (Å²) in [6.07, 6.45) is 0. The molecular formula is C23H26N2O2. The molecule has 27 heavy (non-hydrogen) atoms. The molecule has 4 nitrogen and oxygen atoms in total. The van der Waals surface area contributed by atoms with E-state index in [-0.39, 0.29) is 17.9 Å². The fourth-order valence-electron chi connectivity index (χ4n) is 3.06. The van der Waals surface area contributed by atoms with Crippen LogP contribution in [-0.4, -0.2) is 17.5 Å². The molecule has 140 valence electrons. The Balaban J connectivity index is 1.87. The number of carbonyl (C=O) groups excluding carboxylic acids is 1. The van der Waals surface area contributed by atoms with Gasteiger partial charge in [0, 0.05) is 11.1 Å². The van der Waals surface area contributed by atoms with Crippen molar-refractivity contribution in [1.29, 1.82) is 0 Å². The number of rotatable bonds is 6. The summed E-state index contributed by atoms with van der Waals surface area (Å²) in [5, 5.41) is 3.99. The van der Waals surface area contributed by atoms with Gasteiger partial charge in [-0.15, -0.1) is 0 Å². The number of carbonyl (C=O) groups is 1. The van der Waals surface area contributed by atoms with E-state index in [1.165, 1.54) is 0 Å². The molecule has 4 heteroatoms. The van der Waals surface area contributed by atoms with Crippen molar-refractivity contribution in [2.24, 2.45) is 0 Å². The molecule has 1 amide bonds. The molecule has 3 rings (SSSR count). The summed E-state index contributed by atoms with van der Waals surface area (Å²) < 4.78 is 5.48. The Bertz CT molecular complexity index is 933. The van der Waals surface area contributed by atoms with Crippen LogP contribution < -0.4 is 10.1 Å². The molecule has 0 aliphatic rings. The van der Waals surface area contributed by atoms with Crippen molar-refractivity contribution in [3.05, 3.63) is 71.4 Å². The number of para-hydroxylation sites is 1. The minimum absolute atomic E-state index is 0.0862. The van der Waals surface area contributed by atoms with Gasteiger partial charge >= 0.3 is 0 Å². The molecule has 1 N–H and O–H groups in total. The summed E-state index contributed by atoms with van der Waals surface area (Å²) in [6, 6.07) is 17.4. The lowest BCUT2D eigenvalue weighted by molar-refractivity contribution is 0.0941. The Morgan fingerprint density at radius 2 is 1.78 bits per heavy atom. The number of nitrogens with one attached hydrogen (secondary N) is 1. The minimum Gasteiger partial charge on any atom is -0.494 e. The van der Waals surface area contributed by atoms with Crippen molar-refractivity contribution in [3.8, 4) is 5.75 Å². The molecule has 0 aliphatic carbocycles. The van der Waals surface area contributed by atoms with Crippen LogP contribution in [0, 0.1) is 0 Å². The third-order valence-electron chi connectivity index (χ3n) is 4.61. The van der Waals surface area contributed by atoms with Gasteiger partial charge in [0.1, 0.15) is 5.75 Å². The number of ether oxygens (including phenoxy) is 1. The molecule has 0 aliphatic heterocycles. The van der Waals surface area contributed by atoms with Gasteiger partial charge in [-0.2, -0.15) is 0 Å². The molecule has 1 unspecified atom stereocenters. The summed E-state index contributed by atoms with van der Waals surface area (Å²) in [5.74, 6) is 1.00. The Morgan fingerprint density at radius 1 is 1.07 bits per heavy atom. The van der Waals surface area contributed by atoms with Gasteiger partial charge in [0.2, 0.25) is 0 Å². The van der Waals surface area contributed by atoms with Crippen LogP contribution in [0.1, 0.15) is 61.3 Å². The van der Waals surface area contributed by atoms with Gasteiger partial charge in [0.05, 0.1) is 23.7 Å². The Hall–Kier alpha value is -2.88. The standard InChI is InChI=1S/C23H26N2O2/c1-5-27-18-12-10-17(11-13-18)16(4)24-23(26)20-14-22(15(2)3)25-21-9-7-6-8-19(20)21/h6-16H,5H2,1-4H3,(H,24,26). The number of nitrogens with zero attached hydrogens (tertiary/aromatic N) is 1. The largest absolute Gasteiger partial charge is 0.494 e. The molecule has 0 saturated heterocycles. The lowest BCUT2D eigenvalue weighted by Crippen LogP contribution is -2.27. The molecule has 0 fully saturated rings. The van der Waals surface area contributed by atoms with Gasteiger partial charge in [-0.3, -0.25) is 9.78 Å². The number of hydrogen-bond acceptors (Lipinski definition) is 3. The highest BCUT2D eigenvalue weighted by molar-refractivity contribution is 6.06. The number of benzene rings is 2. The zero-order valence-corrected chi connectivity index (χ0v) is 16.3. The van der Waals surface area contributed by atoms with E-state index < -0.39 is 0 Å². The van der Waals surface area contributed by atoms with Crippen LogP contribution in [0.15, 0.2) is 54.6 Å². The van der Waals surface area contributed by atoms with E-state index in [9.17, 15) is 4.79 Å². The normalized spacial score (nSPS) is 12.2. The highest BCUT2D eigenvalue weighted by Gasteiger charge is 2.17. The lowest BCUT2D eigenvalue weighted by atomic mass is 10.0. The second kappa shape index (κ2) is 8.21. The van der Waals surface area contributed by atoms with Crippen LogP contribution >= 0.6 is 0 Å². The van der Waals surface area contributed by atoms with Crippen molar-refractivity contribution in [2.45, 2.75) is 39.7 Å². The van der Waals surface area contributed by atoms with Gasteiger partial charge in [0.15, 0.2) is 0 Å². The highest BCUT2D eigenvalue weighted by Crippen LogP contribution is 2.24. The number of hydrogen-bond donors (Lipinski definition) is 1. The van der Waals surface area contributed by atoms with Gasteiger partial charge in [0.25, 0.3) is 5.91 Å². The number of aromatic nitrogens is 1. The van der Waals surface area contributed by atoms with Crippen molar-refractivity contribution in [2.75, 3.05) is 6.61 Å². The average molecular weight is 362 g/mol. The Labute approximate surface area is 160 Å². The molecular weight excluding hydrogens is 336 g/mol. The van der Waals surface area contributed by atoms with E-state index in [1.807, 2.05) is 68.4 Å². The maximum Gasteiger partial charge on any atom is 0.252 e. The van der Waals surface area contributed by atoms with E-state index in [2.05, 4.69) is 24.1 Å². The molecule has 1 heterocycles. The van der Waals surface area contributed by atoms with E-state index in [0.29, 0.717) is 12.2 Å². The van der Waals surface area contributed by atoms with Crippen LogP contribution in [0.4, 0.5) is 0 Å². The summed E-state index contributed by atoms with van der Waals surface area (Å²) in [4.78, 5) is 17.7. The second-order valence-electron chi connectivity index (χ2n) is 6.96. The first-order valence-corrected chi connectivity index (χ1v) is 9.43. The van der Waals surface area contributed by atoms with Crippen molar-refractivity contribution >= 4 is 16.8 Å². The summed E-state index contributed by atoms with van der Waals surface area (Å²) in [6.45, 7) is 8.75. The fraction of sp³-hybridized carbons (Fsp3) is 0.304. The highest BCUT2D eigenvalue weighted by atomic mass is 16.5. The van der Waals surface area contributed by atoms with Crippen LogP contribution in [0.2, 0.25) is 0 Å². The molecule has 0 radical (unpaired) electrons. The number of amides is 1. The van der Waals surface area contributed by atoms with Gasteiger partial charge in [-0.05, 0) is 49.6 Å². The first-order chi connectivity index (χ1) is 13.0. The van der Waals surface area contributed by atoms with Crippen molar-refractivity contribution < 1.29 is 9.53 Å². The monoisotopic (exact) mass is 362 g/mol. The van der Waals surface area contributed by atoms with Crippen LogP contribution in [0.5, 0.6) is 5.75 Å². The van der Waals surface area contributed by atoms with Gasteiger partial charge in [-0.25, -0.2) is 0 Å². The topological polar surface area (TPSA) is 51.2 Å². The van der Waals surface area contributed by atoms with E-state index in [1.54, 1.807) is 0 Å². The first-order valence-electron chi connectivity index (χ1n) is 9.43. The minimum atomic E-state index is -0.109. The van der Waals surface area contributed by atoms with Gasteiger partial charge in [-0.1, -0.05) is 44.2 Å². The van der Waals surface area contributed by atoms with Gasteiger partial charge < -0.3 is 10.1 Å². The SMILES string of the molecule is CCOc1ccc(C(C)NC(=O)c2cc(C(C)C)nc3ccccc23)cc1. The predicted molar refractivity (Wildman–Crippen MR) is 109 cm³/mol. The lowest BCUT2D eigenvalue weighted by Gasteiger charge is -2.17. The summed E-state index contributed by atoms with van der Waals surface area (Å²) in [7, 11) is 0. The molecule has 0 spiro atoms. The molecule has 1 atom stereocenters. The van der Waals surface area contributed by atoms with E-state index in [4.69, 9.17) is 4.74 Å². The quantitative estimate of drug-likeness (QED) is 0.652. The molecule has 0 bridgehead atoms. The number of fused-ring (bicyclic) bond motifs is 1. The molecule has 1 aromatic heterocycles. The van der Waals surface area contributed by atoms with Crippen LogP contribution in [0.25, 0.3) is 10.9 Å². The second-order valence-corrected chi connectivity index (χ2v) is 6.96. The Morgan fingerprint density at radius 3 is 2.44 bits per heavy atom. The fourth-order valence-corrected chi connectivity index (χ4v) is 3.06. The first kappa shape index (κ1) is 18.9. The maximum atomic E-state index is 13.0. The predicted octanol–water partition coefficient (Wildman–Crippen LogP) is 5.25. The number of pyridine rings is 1. The smallest absolute Gasteiger partial charge is 0.252 e. The van der Waals surface area contributed by atoms with Crippen molar-refractivity contribution in [3.63, 3.8) is 0 Å². The van der Waals surface area contributed by atoms with Crippen molar-refractivity contribution in [1.82, 2.24) is 10.3 Å². The Kier molecular flexibility index (Phi) is 5.75. The third-order valence-corrected chi connectivity index (χ3v) is 4.61. The zero-order valence-electron chi connectivity index (χ0n) is 16.3. The molecule has 3 aromatic rings. The third kappa shape index (κ3) is 4.27. The summed E-state index contributed by atoms with van der Waals surface area (Å²) >= 11 is 0. The average Bonchev–Trinajstić information content (AvgIpc) is 2.67. The van der Waals surface area contributed by atoms with Crippen LogP contribution in [-0.2, 0) is 0 Å². The molecule has 2 aromatic carbocycles. The van der Waals surface area contributed by atoms with E-state index >= 15 is 0 Å². The zero-order chi connectivity index (χ0) is 19.4. The summed E-state index contributed by atoms with van der Waals surface area (Å²) in [5.41, 5.74) is 3.48. The van der Waals surface area contributed by atoms with E-state index in [0.717, 1.165) is 27.9 Å². The van der Waals surface area contributed by atoms with Crippen LogP contribution in [0.3, 0.4) is 0 Å². The maximum absolute atomic E-state index is 13.0.